The number of fused-ring (bicyclic) bond motifs is 2. The molecule has 0 saturated heterocycles. The quantitative estimate of drug-likeness (QED) is 0.663. The van der Waals surface area contributed by atoms with Crippen LogP contribution in [0.4, 0.5) is 0 Å². The van der Waals surface area contributed by atoms with Crippen molar-refractivity contribution in [1.29, 1.82) is 0 Å². The standard InChI is InChI=1S/C8H12O2.ClH/c9-8(10)7-4-5-1-2-6(7)3-5;/h5-7H,1-4H2,(H,9,10);1H/t5-,6+,7?;/m0./s1. The molecule has 1 unspecified atom stereocenters. The van der Waals surface area contributed by atoms with Gasteiger partial charge in [0.2, 0.25) is 0 Å². The predicted octanol–water partition coefficient (Wildman–Crippen LogP) is 1.93. The molecule has 11 heavy (non-hydrogen) atoms. The Morgan fingerprint density at radius 2 is 2.00 bits per heavy atom. The zero-order valence-electron chi connectivity index (χ0n) is 6.32. The van der Waals surface area contributed by atoms with Gasteiger partial charge >= 0.3 is 5.97 Å². The van der Waals surface area contributed by atoms with Crippen molar-refractivity contribution in [3.05, 3.63) is 0 Å². The van der Waals surface area contributed by atoms with Crippen LogP contribution in [0.25, 0.3) is 0 Å². The summed E-state index contributed by atoms with van der Waals surface area (Å²) in [5.41, 5.74) is 0. The molecule has 0 aromatic carbocycles. The van der Waals surface area contributed by atoms with E-state index in [0.29, 0.717) is 5.92 Å². The fourth-order valence-corrected chi connectivity index (χ4v) is 2.55. The molecule has 2 aliphatic carbocycles. The van der Waals surface area contributed by atoms with E-state index in [1.807, 2.05) is 0 Å². The highest BCUT2D eigenvalue weighted by Crippen LogP contribution is 2.48. The van der Waals surface area contributed by atoms with Gasteiger partial charge < -0.3 is 5.11 Å². The predicted molar refractivity (Wildman–Crippen MR) is 43.8 cm³/mol. The summed E-state index contributed by atoms with van der Waals surface area (Å²) in [6.45, 7) is 0. The summed E-state index contributed by atoms with van der Waals surface area (Å²) < 4.78 is 0. The number of carboxylic acid groups (broad SMARTS) is 1. The highest BCUT2D eigenvalue weighted by atomic mass is 35.5. The lowest BCUT2D eigenvalue weighted by atomic mass is 9.89. The van der Waals surface area contributed by atoms with Crippen LogP contribution in [0.3, 0.4) is 0 Å². The zero-order valence-corrected chi connectivity index (χ0v) is 7.14. The Labute approximate surface area is 72.4 Å². The summed E-state index contributed by atoms with van der Waals surface area (Å²) in [5, 5.41) is 8.74. The van der Waals surface area contributed by atoms with E-state index >= 15 is 0 Å². The maximum Gasteiger partial charge on any atom is 0.306 e. The lowest BCUT2D eigenvalue weighted by Crippen LogP contribution is -2.19. The molecule has 0 radical (unpaired) electrons. The fraction of sp³-hybridized carbons (Fsp3) is 0.875. The summed E-state index contributed by atoms with van der Waals surface area (Å²) in [6, 6.07) is 0. The zero-order chi connectivity index (χ0) is 7.14. The van der Waals surface area contributed by atoms with Crippen LogP contribution < -0.4 is 0 Å². The summed E-state index contributed by atoms with van der Waals surface area (Å²) in [6.07, 6.45) is 4.60. The van der Waals surface area contributed by atoms with E-state index in [1.54, 1.807) is 0 Å². The van der Waals surface area contributed by atoms with Crippen LogP contribution in [-0.4, -0.2) is 11.1 Å². The molecule has 2 nitrogen and oxygen atoms in total. The number of carboxylic acids is 1. The van der Waals surface area contributed by atoms with E-state index < -0.39 is 5.97 Å². The van der Waals surface area contributed by atoms with Gasteiger partial charge in [-0.2, -0.15) is 0 Å². The number of hydrogen-bond acceptors (Lipinski definition) is 1. The minimum Gasteiger partial charge on any atom is -0.481 e. The highest BCUT2D eigenvalue weighted by molar-refractivity contribution is 5.85. The molecule has 0 spiro atoms. The molecule has 2 fully saturated rings. The molecule has 0 aromatic heterocycles. The lowest BCUT2D eigenvalue weighted by Gasteiger charge is -2.16. The normalized spacial score (nSPS) is 40.2. The van der Waals surface area contributed by atoms with E-state index in [2.05, 4.69) is 0 Å². The molecule has 1 N–H and O–H groups in total. The maximum atomic E-state index is 10.6. The molecule has 2 rings (SSSR count). The van der Waals surface area contributed by atoms with Crippen LogP contribution in [0.2, 0.25) is 0 Å². The Kier molecular flexibility index (Phi) is 2.43. The molecular weight excluding hydrogens is 164 g/mol. The first-order valence-corrected chi connectivity index (χ1v) is 4.00. The van der Waals surface area contributed by atoms with Crippen molar-refractivity contribution in [2.75, 3.05) is 0 Å². The van der Waals surface area contributed by atoms with Crippen molar-refractivity contribution in [1.82, 2.24) is 0 Å². The van der Waals surface area contributed by atoms with E-state index in [-0.39, 0.29) is 18.3 Å². The number of rotatable bonds is 1. The first-order valence-electron chi connectivity index (χ1n) is 4.00. The fourth-order valence-electron chi connectivity index (χ4n) is 2.55. The third-order valence-corrected chi connectivity index (χ3v) is 3.06. The number of halogens is 1. The average molecular weight is 177 g/mol. The molecule has 3 atom stereocenters. The van der Waals surface area contributed by atoms with Gasteiger partial charge in [0.05, 0.1) is 5.92 Å². The molecule has 2 aliphatic rings. The molecule has 0 aromatic rings. The third kappa shape index (κ3) is 1.36. The molecule has 0 aliphatic heterocycles. The van der Waals surface area contributed by atoms with Crippen LogP contribution in [0.1, 0.15) is 25.7 Å². The van der Waals surface area contributed by atoms with Crippen LogP contribution in [0, 0.1) is 17.8 Å². The van der Waals surface area contributed by atoms with E-state index in [1.165, 1.54) is 19.3 Å². The Hall–Kier alpha value is -0.240. The van der Waals surface area contributed by atoms with Gasteiger partial charge in [-0.15, -0.1) is 12.4 Å². The lowest BCUT2D eigenvalue weighted by molar-refractivity contribution is -0.143. The Balaban J connectivity index is 0.000000605. The van der Waals surface area contributed by atoms with Gasteiger partial charge in [-0.3, -0.25) is 4.79 Å². The van der Waals surface area contributed by atoms with Crippen molar-refractivity contribution in [2.45, 2.75) is 25.7 Å². The maximum absolute atomic E-state index is 10.6. The van der Waals surface area contributed by atoms with Crippen LogP contribution in [-0.2, 0) is 4.79 Å². The molecule has 0 heterocycles. The van der Waals surface area contributed by atoms with E-state index in [0.717, 1.165) is 12.3 Å². The van der Waals surface area contributed by atoms with Crippen molar-refractivity contribution < 1.29 is 9.90 Å². The SMILES string of the molecule is Cl.O=C(O)C1C[C@H]2CC[C@@H]1C2. The third-order valence-electron chi connectivity index (χ3n) is 3.06. The van der Waals surface area contributed by atoms with Crippen molar-refractivity contribution in [3.63, 3.8) is 0 Å². The molecule has 64 valence electrons. The first-order chi connectivity index (χ1) is 4.77. The first kappa shape index (κ1) is 8.85. The van der Waals surface area contributed by atoms with Gasteiger partial charge in [0, 0.05) is 0 Å². The number of hydrogen-bond donors (Lipinski definition) is 1. The van der Waals surface area contributed by atoms with Gasteiger partial charge in [0.25, 0.3) is 0 Å². The smallest absolute Gasteiger partial charge is 0.306 e. The molecule has 2 saturated carbocycles. The monoisotopic (exact) mass is 176 g/mol. The van der Waals surface area contributed by atoms with Gasteiger partial charge in [0.15, 0.2) is 0 Å². The van der Waals surface area contributed by atoms with Crippen LogP contribution in [0.5, 0.6) is 0 Å². The Morgan fingerprint density at radius 1 is 1.27 bits per heavy atom. The largest absolute Gasteiger partial charge is 0.481 e. The summed E-state index contributed by atoms with van der Waals surface area (Å²) in [5.74, 6) is 0.736. The van der Waals surface area contributed by atoms with Crippen LogP contribution >= 0.6 is 12.4 Å². The highest BCUT2D eigenvalue weighted by Gasteiger charge is 2.42. The van der Waals surface area contributed by atoms with Gasteiger partial charge in [-0.1, -0.05) is 6.42 Å². The van der Waals surface area contributed by atoms with E-state index in [9.17, 15) is 4.79 Å². The number of aliphatic carboxylic acids is 1. The van der Waals surface area contributed by atoms with Crippen molar-refractivity contribution >= 4 is 18.4 Å². The number of carbonyl (C=O) groups is 1. The summed E-state index contributed by atoms with van der Waals surface area (Å²) >= 11 is 0. The minimum atomic E-state index is -0.563. The molecule has 3 heteroatoms. The molecule has 2 bridgehead atoms. The van der Waals surface area contributed by atoms with Crippen LogP contribution in [0.15, 0.2) is 0 Å². The minimum absolute atomic E-state index is 0. The van der Waals surface area contributed by atoms with E-state index in [4.69, 9.17) is 5.11 Å². The second kappa shape index (κ2) is 3.02. The molecule has 0 amide bonds. The Bertz CT molecular complexity index is 169. The van der Waals surface area contributed by atoms with Gasteiger partial charge in [-0.25, -0.2) is 0 Å². The average Bonchev–Trinajstić information content (AvgIpc) is 2.44. The van der Waals surface area contributed by atoms with Crippen molar-refractivity contribution in [3.8, 4) is 0 Å². The molecular formula is C8H13ClO2. The summed E-state index contributed by atoms with van der Waals surface area (Å²) in [4.78, 5) is 10.6. The van der Waals surface area contributed by atoms with Gasteiger partial charge in [-0.05, 0) is 31.1 Å². The second-order valence-corrected chi connectivity index (χ2v) is 3.62. The summed E-state index contributed by atoms with van der Waals surface area (Å²) in [7, 11) is 0. The topological polar surface area (TPSA) is 37.3 Å². The van der Waals surface area contributed by atoms with Gasteiger partial charge in [0.1, 0.15) is 0 Å². The Morgan fingerprint density at radius 3 is 2.27 bits per heavy atom. The van der Waals surface area contributed by atoms with Crippen molar-refractivity contribution in [2.24, 2.45) is 17.8 Å². The second-order valence-electron chi connectivity index (χ2n) is 3.62.